The monoisotopic (exact) mass is 241 g/mol. The molecule has 94 valence electrons. The van der Waals surface area contributed by atoms with Crippen molar-refractivity contribution in [3.05, 3.63) is 0 Å². The van der Waals surface area contributed by atoms with E-state index in [1.807, 2.05) is 0 Å². The van der Waals surface area contributed by atoms with Crippen LogP contribution in [-0.2, 0) is 0 Å². The molecule has 1 aliphatic heterocycles. The molecular formula is C14H27NS. The van der Waals surface area contributed by atoms with Crippen molar-refractivity contribution >= 4 is 11.8 Å². The molecule has 1 N–H and O–H groups in total. The summed E-state index contributed by atoms with van der Waals surface area (Å²) < 4.78 is 0. The summed E-state index contributed by atoms with van der Waals surface area (Å²) in [7, 11) is 0. The molecule has 0 amide bonds. The maximum atomic E-state index is 3.85. The molecule has 1 aliphatic carbocycles. The third kappa shape index (κ3) is 3.16. The zero-order valence-corrected chi connectivity index (χ0v) is 11.7. The molecule has 3 unspecified atom stereocenters. The van der Waals surface area contributed by atoms with Crippen LogP contribution in [0.3, 0.4) is 0 Å². The molecule has 2 aliphatic rings. The summed E-state index contributed by atoms with van der Waals surface area (Å²) in [6, 6.07) is 0. The van der Waals surface area contributed by atoms with Crippen molar-refractivity contribution < 1.29 is 0 Å². The van der Waals surface area contributed by atoms with Crippen LogP contribution in [0.5, 0.6) is 0 Å². The lowest BCUT2D eigenvalue weighted by Gasteiger charge is -2.39. The van der Waals surface area contributed by atoms with Crippen LogP contribution in [-0.4, -0.2) is 17.2 Å². The second kappa shape index (κ2) is 5.77. The number of hydrogen-bond acceptors (Lipinski definition) is 2. The molecule has 0 aromatic carbocycles. The molecule has 2 fully saturated rings. The van der Waals surface area contributed by atoms with Gasteiger partial charge >= 0.3 is 0 Å². The van der Waals surface area contributed by atoms with Crippen LogP contribution in [0.2, 0.25) is 0 Å². The Labute approximate surface area is 105 Å². The largest absolute Gasteiger partial charge is 0.303 e. The Morgan fingerprint density at radius 3 is 2.88 bits per heavy atom. The predicted octanol–water partition coefficient (Wildman–Crippen LogP) is 4.04. The SMILES string of the molecule is CCCC1CCCC2(CC1)NCC(C)CS2. The lowest BCUT2D eigenvalue weighted by molar-refractivity contribution is 0.361. The average molecular weight is 241 g/mol. The predicted molar refractivity (Wildman–Crippen MR) is 73.8 cm³/mol. The van der Waals surface area contributed by atoms with Gasteiger partial charge in [0, 0.05) is 0 Å². The molecule has 1 heterocycles. The zero-order valence-electron chi connectivity index (χ0n) is 10.9. The third-order valence-corrected chi connectivity index (χ3v) is 6.10. The Kier molecular flexibility index (Phi) is 4.60. The van der Waals surface area contributed by atoms with Crippen molar-refractivity contribution in [2.75, 3.05) is 12.3 Å². The zero-order chi connectivity index (χ0) is 11.4. The van der Waals surface area contributed by atoms with E-state index in [1.165, 1.54) is 57.2 Å². The van der Waals surface area contributed by atoms with Crippen LogP contribution in [0.4, 0.5) is 0 Å². The molecule has 16 heavy (non-hydrogen) atoms. The van der Waals surface area contributed by atoms with Crippen molar-refractivity contribution in [2.24, 2.45) is 11.8 Å². The second-order valence-corrected chi connectivity index (χ2v) is 7.28. The van der Waals surface area contributed by atoms with Gasteiger partial charge in [-0.25, -0.2) is 0 Å². The summed E-state index contributed by atoms with van der Waals surface area (Å²) in [5, 5.41) is 3.85. The van der Waals surface area contributed by atoms with Crippen LogP contribution >= 0.6 is 11.8 Å². The van der Waals surface area contributed by atoms with E-state index < -0.39 is 0 Å². The summed E-state index contributed by atoms with van der Waals surface area (Å²) in [4.78, 5) is 0.467. The Bertz CT molecular complexity index is 209. The fourth-order valence-electron chi connectivity index (χ4n) is 3.17. The molecule has 1 spiro atoms. The minimum atomic E-state index is 0.467. The molecule has 0 aromatic heterocycles. The summed E-state index contributed by atoms with van der Waals surface area (Å²) in [6.07, 6.45) is 10.0. The smallest absolute Gasteiger partial charge is 0.0645 e. The lowest BCUT2D eigenvalue weighted by Crippen LogP contribution is -2.48. The summed E-state index contributed by atoms with van der Waals surface area (Å²) >= 11 is 2.22. The summed E-state index contributed by atoms with van der Waals surface area (Å²) in [5.41, 5.74) is 0. The molecule has 1 nitrogen and oxygen atoms in total. The quantitative estimate of drug-likeness (QED) is 0.783. The van der Waals surface area contributed by atoms with Crippen molar-refractivity contribution in [3.63, 3.8) is 0 Å². The van der Waals surface area contributed by atoms with Crippen LogP contribution < -0.4 is 5.32 Å². The normalized spacial score (nSPS) is 40.9. The van der Waals surface area contributed by atoms with Gasteiger partial charge in [-0.1, -0.05) is 39.5 Å². The third-order valence-electron chi connectivity index (χ3n) is 4.26. The fraction of sp³-hybridized carbons (Fsp3) is 1.00. The van der Waals surface area contributed by atoms with Gasteiger partial charge in [0.1, 0.15) is 0 Å². The van der Waals surface area contributed by atoms with Crippen LogP contribution in [0, 0.1) is 11.8 Å². The molecular weight excluding hydrogens is 214 g/mol. The minimum absolute atomic E-state index is 0.467. The number of thioether (sulfide) groups is 1. The van der Waals surface area contributed by atoms with E-state index in [1.54, 1.807) is 0 Å². The first-order valence-electron chi connectivity index (χ1n) is 7.13. The lowest BCUT2D eigenvalue weighted by atomic mass is 9.95. The maximum absolute atomic E-state index is 3.85. The van der Waals surface area contributed by atoms with Crippen LogP contribution in [0.15, 0.2) is 0 Å². The summed E-state index contributed by atoms with van der Waals surface area (Å²) in [6.45, 7) is 5.94. The molecule has 2 rings (SSSR count). The van der Waals surface area contributed by atoms with E-state index in [0.29, 0.717) is 4.87 Å². The van der Waals surface area contributed by atoms with E-state index in [2.05, 4.69) is 30.9 Å². The van der Waals surface area contributed by atoms with Crippen molar-refractivity contribution in [1.29, 1.82) is 0 Å². The highest BCUT2D eigenvalue weighted by Crippen LogP contribution is 2.42. The molecule has 2 heteroatoms. The van der Waals surface area contributed by atoms with Gasteiger partial charge < -0.3 is 5.32 Å². The van der Waals surface area contributed by atoms with E-state index in [4.69, 9.17) is 0 Å². The minimum Gasteiger partial charge on any atom is -0.303 e. The molecule has 0 aromatic rings. The highest BCUT2D eigenvalue weighted by Gasteiger charge is 2.36. The molecule has 0 radical (unpaired) electrons. The van der Waals surface area contributed by atoms with Gasteiger partial charge in [0.05, 0.1) is 4.87 Å². The standard InChI is InChI=1S/C14H27NS/c1-3-5-13-6-4-8-14(9-7-13)15-10-12(2)11-16-14/h12-13,15H,3-11H2,1-2H3. The molecule has 0 bridgehead atoms. The van der Waals surface area contributed by atoms with Gasteiger partial charge in [0.25, 0.3) is 0 Å². The van der Waals surface area contributed by atoms with Crippen LogP contribution in [0.25, 0.3) is 0 Å². The first-order chi connectivity index (χ1) is 7.74. The Morgan fingerprint density at radius 1 is 1.31 bits per heavy atom. The first kappa shape index (κ1) is 12.8. The van der Waals surface area contributed by atoms with Gasteiger partial charge in [-0.05, 0) is 43.4 Å². The number of nitrogens with one attached hydrogen (secondary N) is 1. The number of hydrogen-bond donors (Lipinski definition) is 1. The Morgan fingerprint density at radius 2 is 2.19 bits per heavy atom. The topological polar surface area (TPSA) is 12.0 Å². The van der Waals surface area contributed by atoms with Gasteiger partial charge in [-0.2, -0.15) is 0 Å². The maximum Gasteiger partial charge on any atom is 0.0645 e. The molecule has 1 saturated carbocycles. The van der Waals surface area contributed by atoms with E-state index in [-0.39, 0.29) is 0 Å². The molecule has 1 saturated heterocycles. The highest BCUT2D eigenvalue weighted by molar-refractivity contribution is 8.00. The van der Waals surface area contributed by atoms with Gasteiger partial charge in [0.2, 0.25) is 0 Å². The van der Waals surface area contributed by atoms with E-state index in [0.717, 1.165) is 11.8 Å². The van der Waals surface area contributed by atoms with Crippen LogP contribution in [0.1, 0.15) is 58.8 Å². The van der Waals surface area contributed by atoms with Gasteiger partial charge in [-0.15, -0.1) is 11.8 Å². The van der Waals surface area contributed by atoms with Gasteiger partial charge in [0.15, 0.2) is 0 Å². The number of rotatable bonds is 2. The fourth-order valence-corrected chi connectivity index (χ4v) is 4.63. The van der Waals surface area contributed by atoms with E-state index in [9.17, 15) is 0 Å². The van der Waals surface area contributed by atoms with E-state index >= 15 is 0 Å². The first-order valence-corrected chi connectivity index (χ1v) is 8.11. The van der Waals surface area contributed by atoms with Crippen molar-refractivity contribution in [3.8, 4) is 0 Å². The summed E-state index contributed by atoms with van der Waals surface area (Å²) in [5.74, 6) is 3.25. The highest BCUT2D eigenvalue weighted by atomic mass is 32.2. The second-order valence-electron chi connectivity index (χ2n) is 5.88. The Hall–Kier alpha value is 0.310. The molecule has 3 atom stereocenters. The van der Waals surface area contributed by atoms with Crippen molar-refractivity contribution in [2.45, 2.75) is 63.7 Å². The Balaban J connectivity index is 1.87. The average Bonchev–Trinajstić information content (AvgIpc) is 2.48. The van der Waals surface area contributed by atoms with Gasteiger partial charge in [-0.3, -0.25) is 0 Å². The van der Waals surface area contributed by atoms with Crippen molar-refractivity contribution in [1.82, 2.24) is 5.32 Å².